The molecule has 0 N–H and O–H groups in total. The van der Waals surface area contributed by atoms with Crippen molar-refractivity contribution in [3.05, 3.63) is 0 Å². The van der Waals surface area contributed by atoms with Gasteiger partial charge in [-0.1, -0.05) is 19.3 Å². The quantitative estimate of drug-likeness (QED) is 0.369. The van der Waals surface area contributed by atoms with Crippen molar-refractivity contribution in [2.45, 2.75) is 45.1 Å². The fraction of sp³-hybridized carbons (Fsp3) is 0.727. The zero-order chi connectivity index (χ0) is 9.68. The molecule has 0 aliphatic heterocycles. The number of hydrogen-bond acceptors (Lipinski definition) is 2. The zero-order valence-corrected chi connectivity index (χ0v) is 8.08. The van der Waals surface area contributed by atoms with Gasteiger partial charge in [-0.25, -0.2) is 4.79 Å². The molecule has 0 spiro atoms. The van der Waals surface area contributed by atoms with Gasteiger partial charge in [-0.2, -0.15) is 0 Å². The van der Waals surface area contributed by atoms with Crippen LogP contribution in [0.15, 0.2) is 0 Å². The molecule has 0 aromatic carbocycles. The summed E-state index contributed by atoms with van der Waals surface area (Å²) in [5.41, 5.74) is 0. The van der Waals surface area contributed by atoms with Gasteiger partial charge in [0.05, 0.1) is 0 Å². The van der Waals surface area contributed by atoms with Crippen molar-refractivity contribution in [1.82, 2.24) is 0 Å². The van der Waals surface area contributed by atoms with Gasteiger partial charge in [0.1, 0.15) is 6.10 Å². The first-order chi connectivity index (χ1) is 6.24. The fourth-order valence-corrected chi connectivity index (χ4v) is 1.90. The molecule has 2 nitrogen and oxygen atoms in total. The van der Waals surface area contributed by atoms with Crippen LogP contribution in [-0.4, -0.2) is 12.1 Å². The Bertz CT molecular complexity index is 209. The molecule has 0 aromatic heterocycles. The maximum Gasteiger partial charge on any atom is 0.384 e. The van der Waals surface area contributed by atoms with Crippen LogP contribution >= 0.6 is 0 Å². The van der Waals surface area contributed by atoms with Crippen LogP contribution in [0.5, 0.6) is 0 Å². The fourth-order valence-electron chi connectivity index (χ4n) is 1.90. The van der Waals surface area contributed by atoms with E-state index < -0.39 is 5.97 Å². The average molecular weight is 180 g/mol. The zero-order valence-electron chi connectivity index (χ0n) is 8.08. The Morgan fingerprint density at radius 2 is 2.08 bits per heavy atom. The van der Waals surface area contributed by atoms with Crippen molar-refractivity contribution in [1.29, 1.82) is 0 Å². The summed E-state index contributed by atoms with van der Waals surface area (Å²) >= 11 is 0. The van der Waals surface area contributed by atoms with E-state index in [-0.39, 0.29) is 6.10 Å². The predicted molar refractivity (Wildman–Crippen MR) is 51.0 cm³/mol. The van der Waals surface area contributed by atoms with E-state index in [4.69, 9.17) is 11.2 Å². The normalized spacial score (nSPS) is 20.3. The van der Waals surface area contributed by atoms with Gasteiger partial charge in [0.2, 0.25) is 0 Å². The highest BCUT2D eigenvalue weighted by Crippen LogP contribution is 2.27. The number of carbonyl (C=O) groups is 1. The number of rotatable bonds is 2. The third-order valence-electron chi connectivity index (χ3n) is 2.72. The number of esters is 1. The van der Waals surface area contributed by atoms with Gasteiger partial charge < -0.3 is 4.74 Å². The van der Waals surface area contributed by atoms with E-state index in [1.807, 2.05) is 12.8 Å². The molecule has 0 saturated heterocycles. The Kier molecular flexibility index (Phi) is 3.82. The molecule has 0 bridgehead atoms. The monoisotopic (exact) mass is 180 g/mol. The minimum absolute atomic E-state index is 0.0103. The molecule has 1 aliphatic rings. The van der Waals surface area contributed by atoms with Crippen molar-refractivity contribution in [2.75, 3.05) is 0 Å². The second-order valence-electron chi connectivity index (χ2n) is 3.65. The van der Waals surface area contributed by atoms with E-state index >= 15 is 0 Å². The van der Waals surface area contributed by atoms with E-state index in [1.165, 1.54) is 32.1 Å². The number of carbonyl (C=O) groups excluding carboxylic acids is 1. The van der Waals surface area contributed by atoms with Gasteiger partial charge in [0, 0.05) is 5.92 Å². The van der Waals surface area contributed by atoms with Crippen LogP contribution in [0.4, 0.5) is 0 Å². The van der Waals surface area contributed by atoms with Crippen LogP contribution in [-0.2, 0) is 9.53 Å². The molecule has 1 fully saturated rings. The highest BCUT2D eigenvalue weighted by atomic mass is 16.5. The smallest absolute Gasteiger partial charge is 0.384 e. The second-order valence-corrected chi connectivity index (χ2v) is 3.65. The van der Waals surface area contributed by atoms with Gasteiger partial charge in [-0.05, 0) is 25.7 Å². The van der Waals surface area contributed by atoms with Crippen molar-refractivity contribution >= 4 is 5.97 Å². The third kappa shape index (κ3) is 3.10. The van der Waals surface area contributed by atoms with E-state index in [9.17, 15) is 4.79 Å². The molecule has 1 aliphatic carbocycles. The molecule has 0 amide bonds. The molecular formula is C11H16O2. The number of hydrogen-bond donors (Lipinski definition) is 0. The van der Waals surface area contributed by atoms with E-state index in [2.05, 4.69) is 0 Å². The minimum Gasteiger partial charge on any atom is -0.453 e. The number of ether oxygens (including phenoxy) is 1. The lowest BCUT2D eigenvalue weighted by atomic mass is 9.86. The molecule has 2 heteroatoms. The van der Waals surface area contributed by atoms with Crippen molar-refractivity contribution in [3.63, 3.8) is 0 Å². The van der Waals surface area contributed by atoms with Crippen LogP contribution in [0.3, 0.4) is 0 Å². The minimum atomic E-state index is -0.530. The molecule has 0 heterocycles. The predicted octanol–water partition coefficient (Wildman–Crippen LogP) is 2.13. The van der Waals surface area contributed by atoms with Gasteiger partial charge in [-0.3, -0.25) is 0 Å². The Morgan fingerprint density at radius 1 is 1.46 bits per heavy atom. The highest BCUT2D eigenvalue weighted by molar-refractivity contribution is 5.87. The highest BCUT2D eigenvalue weighted by Gasteiger charge is 2.22. The molecule has 1 rings (SSSR count). The first-order valence-corrected chi connectivity index (χ1v) is 4.91. The summed E-state index contributed by atoms with van der Waals surface area (Å²) in [4.78, 5) is 10.8. The van der Waals surface area contributed by atoms with Crippen LogP contribution in [0.1, 0.15) is 39.0 Å². The molecule has 1 unspecified atom stereocenters. The lowest BCUT2D eigenvalue weighted by Crippen LogP contribution is -2.25. The summed E-state index contributed by atoms with van der Waals surface area (Å²) in [6, 6.07) is 0. The average Bonchev–Trinajstić information content (AvgIpc) is 2.19. The Labute approximate surface area is 79.7 Å². The van der Waals surface area contributed by atoms with E-state index in [0.29, 0.717) is 5.92 Å². The SMILES string of the molecule is C#CC(=O)OC(C)C1CCCCC1. The topological polar surface area (TPSA) is 26.3 Å². The molecular weight excluding hydrogens is 164 g/mol. The Morgan fingerprint density at radius 3 is 2.62 bits per heavy atom. The second kappa shape index (κ2) is 4.91. The lowest BCUT2D eigenvalue weighted by molar-refractivity contribution is -0.144. The lowest BCUT2D eigenvalue weighted by Gasteiger charge is -2.26. The van der Waals surface area contributed by atoms with Crippen LogP contribution in [0.2, 0.25) is 0 Å². The summed E-state index contributed by atoms with van der Waals surface area (Å²) in [6.45, 7) is 1.94. The van der Waals surface area contributed by atoms with E-state index in [1.54, 1.807) is 0 Å². The maximum atomic E-state index is 10.8. The maximum absolute atomic E-state index is 10.8. The molecule has 13 heavy (non-hydrogen) atoms. The van der Waals surface area contributed by atoms with Gasteiger partial charge in [-0.15, -0.1) is 6.42 Å². The first-order valence-electron chi connectivity index (χ1n) is 4.91. The Balaban J connectivity index is 2.33. The third-order valence-corrected chi connectivity index (χ3v) is 2.72. The molecule has 72 valence electrons. The van der Waals surface area contributed by atoms with Gasteiger partial charge in [0.15, 0.2) is 0 Å². The first kappa shape index (κ1) is 10.1. The summed E-state index contributed by atoms with van der Waals surface area (Å²) in [5, 5.41) is 0. The van der Waals surface area contributed by atoms with Crippen molar-refractivity contribution in [2.24, 2.45) is 5.92 Å². The van der Waals surface area contributed by atoms with Gasteiger partial charge in [0.25, 0.3) is 0 Å². The van der Waals surface area contributed by atoms with Crippen LogP contribution < -0.4 is 0 Å². The van der Waals surface area contributed by atoms with Crippen LogP contribution in [0, 0.1) is 18.3 Å². The molecule has 1 saturated carbocycles. The summed E-state index contributed by atoms with van der Waals surface area (Å²) in [5.74, 6) is 1.96. The Hall–Kier alpha value is -0.970. The van der Waals surface area contributed by atoms with Crippen LogP contribution in [0.25, 0.3) is 0 Å². The summed E-state index contributed by atoms with van der Waals surface area (Å²) < 4.78 is 5.06. The standard InChI is InChI=1S/C11H16O2/c1-3-11(12)13-9(2)10-7-5-4-6-8-10/h1,9-10H,4-8H2,2H3. The van der Waals surface area contributed by atoms with E-state index in [0.717, 1.165) is 0 Å². The number of terminal acetylenes is 1. The van der Waals surface area contributed by atoms with Gasteiger partial charge >= 0.3 is 5.97 Å². The summed E-state index contributed by atoms with van der Waals surface area (Å²) in [6.07, 6.45) is 11.1. The molecule has 0 aromatic rings. The van der Waals surface area contributed by atoms with Crippen molar-refractivity contribution < 1.29 is 9.53 Å². The van der Waals surface area contributed by atoms with Crippen molar-refractivity contribution in [3.8, 4) is 12.3 Å². The largest absolute Gasteiger partial charge is 0.453 e. The molecule has 1 atom stereocenters. The molecule has 0 radical (unpaired) electrons. The summed E-state index contributed by atoms with van der Waals surface area (Å²) in [7, 11) is 0.